The summed E-state index contributed by atoms with van der Waals surface area (Å²) in [5, 5.41) is 0. The highest BCUT2D eigenvalue weighted by atomic mass is 14.2. The van der Waals surface area contributed by atoms with Crippen molar-refractivity contribution < 1.29 is 0 Å². The molecule has 0 fully saturated rings. The van der Waals surface area contributed by atoms with Crippen molar-refractivity contribution in [3.05, 3.63) is 114 Å². The first-order valence-electron chi connectivity index (χ1n) is 7.64. The van der Waals surface area contributed by atoms with Crippen LogP contribution in [0.3, 0.4) is 0 Å². The molecular formula is C22H20-2. The Morgan fingerprint density at radius 3 is 1.86 bits per heavy atom. The number of hydrogen-bond donors (Lipinski definition) is 0. The maximum Gasteiger partial charge on any atom is -0.0281 e. The molecule has 1 aliphatic carbocycles. The Hall–Kier alpha value is -2.60. The number of rotatable bonds is 3. The van der Waals surface area contributed by atoms with Crippen molar-refractivity contribution in [1.82, 2.24) is 0 Å². The van der Waals surface area contributed by atoms with Gasteiger partial charge in [-0.15, -0.1) is 6.92 Å². The SMILES string of the molecule is C[C-]1C=C[C-](C)C(C=C(c2ccccc2)c2ccccc2)=C1. The molecule has 2 aromatic carbocycles. The van der Waals surface area contributed by atoms with Gasteiger partial charge in [0.1, 0.15) is 0 Å². The van der Waals surface area contributed by atoms with Gasteiger partial charge >= 0.3 is 0 Å². The van der Waals surface area contributed by atoms with E-state index in [0.29, 0.717) is 0 Å². The summed E-state index contributed by atoms with van der Waals surface area (Å²) < 4.78 is 0. The Morgan fingerprint density at radius 1 is 0.773 bits per heavy atom. The van der Waals surface area contributed by atoms with Gasteiger partial charge < -0.3 is 0 Å². The summed E-state index contributed by atoms with van der Waals surface area (Å²) in [5.41, 5.74) is 5.03. The largest absolute Gasteiger partial charge is 0.255 e. The van der Waals surface area contributed by atoms with Crippen LogP contribution < -0.4 is 0 Å². The normalized spacial score (nSPS) is 13.8. The van der Waals surface area contributed by atoms with E-state index in [4.69, 9.17) is 0 Å². The highest BCUT2D eigenvalue weighted by Gasteiger charge is 2.02. The third kappa shape index (κ3) is 3.17. The summed E-state index contributed by atoms with van der Waals surface area (Å²) >= 11 is 0. The molecule has 0 saturated heterocycles. The second-order valence-corrected chi connectivity index (χ2v) is 5.65. The van der Waals surface area contributed by atoms with Crippen LogP contribution in [0.25, 0.3) is 5.57 Å². The van der Waals surface area contributed by atoms with Gasteiger partial charge in [0.15, 0.2) is 0 Å². The van der Waals surface area contributed by atoms with Crippen LogP contribution in [-0.2, 0) is 0 Å². The number of benzene rings is 2. The Balaban J connectivity index is 2.08. The van der Waals surface area contributed by atoms with Crippen LogP contribution in [0.15, 0.2) is 90.5 Å². The molecular weight excluding hydrogens is 264 g/mol. The van der Waals surface area contributed by atoms with Crippen molar-refractivity contribution in [3.8, 4) is 0 Å². The Kier molecular flexibility index (Phi) is 4.20. The van der Waals surface area contributed by atoms with E-state index in [9.17, 15) is 0 Å². The van der Waals surface area contributed by atoms with Crippen LogP contribution in [0, 0.1) is 11.8 Å². The van der Waals surface area contributed by atoms with Gasteiger partial charge in [-0.1, -0.05) is 73.2 Å². The van der Waals surface area contributed by atoms with Gasteiger partial charge in [0.2, 0.25) is 0 Å². The highest BCUT2D eigenvalue weighted by molar-refractivity contribution is 5.82. The molecule has 0 atom stereocenters. The number of allylic oxidation sites excluding steroid dienone is 5. The van der Waals surface area contributed by atoms with Crippen LogP contribution in [0.1, 0.15) is 25.0 Å². The van der Waals surface area contributed by atoms with E-state index in [0.717, 1.165) is 0 Å². The van der Waals surface area contributed by atoms with Crippen molar-refractivity contribution in [2.75, 3.05) is 0 Å². The molecule has 110 valence electrons. The molecule has 0 amide bonds. The van der Waals surface area contributed by atoms with Crippen LogP contribution >= 0.6 is 0 Å². The molecule has 3 rings (SSSR count). The molecule has 0 heteroatoms. The minimum absolute atomic E-state index is 1.25. The molecule has 0 spiro atoms. The molecule has 0 aliphatic heterocycles. The monoisotopic (exact) mass is 284 g/mol. The van der Waals surface area contributed by atoms with E-state index < -0.39 is 0 Å². The van der Waals surface area contributed by atoms with Gasteiger partial charge in [0, 0.05) is 0 Å². The summed E-state index contributed by atoms with van der Waals surface area (Å²) in [7, 11) is 0. The minimum Gasteiger partial charge on any atom is -0.255 e. The van der Waals surface area contributed by atoms with Crippen molar-refractivity contribution in [2.24, 2.45) is 0 Å². The van der Waals surface area contributed by atoms with Crippen LogP contribution in [0.5, 0.6) is 0 Å². The summed E-state index contributed by atoms with van der Waals surface area (Å²) in [6.45, 7) is 4.31. The predicted molar refractivity (Wildman–Crippen MR) is 95.0 cm³/mol. The lowest BCUT2D eigenvalue weighted by Gasteiger charge is -2.35. The molecule has 2 aromatic rings. The van der Waals surface area contributed by atoms with Gasteiger partial charge in [-0.2, -0.15) is 6.08 Å². The minimum atomic E-state index is 1.25. The summed E-state index contributed by atoms with van der Waals surface area (Å²) in [6, 6.07) is 21.2. The fourth-order valence-corrected chi connectivity index (χ4v) is 2.64. The van der Waals surface area contributed by atoms with E-state index in [2.05, 4.69) is 98.8 Å². The average Bonchev–Trinajstić information content (AvgIpc) is 2.57. The van der Waals surface area contributed by atoms with Crippen LogP contribution in [0.2, 0.25) is 0 Å². The van der Waals surface area contributed by atoms with E-state index >= 15 is 0 Å². The lowest BCUT2D eigenvalue weighted by Crippen LogP contribution is -2.00. The van der Waals surface area contributed by atoms with Crippen molar-refractivity contribution >= 4 is 5.57 Å². The molecule has 1 aliphatic rings. The quantitative estimate of drug-likeness (QED) is 0.624. The number of hydrogen-bond acceptors (Lipinski definition) is 0. The van der Waals surface area contributed by atoms with Crippen molar-refractivity contribution in [2.45, 2.75) is 13.8 Å². The van der Waals surface area contributed by atoms with Crippen molar-refractivity contribution in [1.29, 1.82) is 0 Å². The standard InChI is InChI=1S/C22H20/c1-17-13-14-18(2)21(15-17)16-22(19-9-5-3-6-10-19)20-11-7-4-8-12-20/h3-16H,1-2H3/q-2. The molecule has 0 aromatic heterocycles. The molecule has 0 radical (unpaired) electrons. The Bertz CT molecular complexity index is 661. The molecule has 22 heavy (non-hydrogen) atoms. The van der Waals surface area contributed by atoms with E-state index in [1.165, 1.54) is 34.1 Å². The molecule has 0 bridgehead atoms. The zero-order valence-corrected chi connectivity index (χ0v) is 13.1. The fourth-order valence-electron chi connectivity index (χ4n) is 2.64. The van der Waals surface area contributed by atoms with Gasteiger partial charge in [-0.3, -0.25) is 23.8 Å². The lowest BCUT2D eigenvalue weighted by molar-refractivity contribution is 1.16. The molecule has 0 saturated carbocycles. The fraction of sp³-hybridized carbons (Fsp3) is 0.0909. The Labute approximate surface area is 133 Å². The van der Waals surface area contributed by atoms with Crippen LogP contribution in [-0.4, -0.2) is 0 Å². The smallest absolute Gasteiger partial charge is 0.0281 e. The molecule has 0 nitrogen and oxygen atoms in total. The van der Waals surface area contributed by atoms with Crippen LogP contribution in [0.4, 0.5) is 0 Å². The van der Waals surface area contributed by atoms with Gasteiger partial charge in [-0.25, -0.2) is 11.8 Å². The first kappa shape index (κ1) is 14.3. The zero-order chi connectivity index (χ0) is 15.4. The van der Waals surface area contributed by atoms with Gasteiger partial charge in [0.25, 0.3) is 0 Å². The van der Waals surface area contributed by atoms with E-state index in [1.807, 2.05) is 0 Å². The van der Waals surface area contributed by atoms with Gasteiger partial charge in [-0.05, 0) is 11.1 Å². The summed E-state index contributed by atoms with van der Waals surface area (Å²) in [6.07, 6.45) is 8.90. The maximum atomic E-state index is 2.30. The first-order chi connectivity index (χ1) is 10.7. The Morgan fingerprint density at radius 2 is 1.32 bits per heavy atom. The summed E-state index contributed by atoms with van der Waals surface area (Å²) in [5.74, 6) is 2.59. The van der Waals surface area contributed by atoms with E-state index in [-0.39, 0.29) is 0 Å². The van der Waals surface area contributed by atoms with E-state index in [1.54, 1.807) is 0 Å². The molecule has 0 N–H and O–H groups in total. The molecule has 0 heterocycles. The first-order valence-corrected chi connectivity index (χ1v) is 7.64. The zero-order valence-electron chi connectivity index (χ0n) is 13.1. The second kappa shape index (κ2) is 6.44. The summed E-state index contributed by atoms with van der Waals surface area (Å²) in [4.78, 5) is 0. The molecule has 0 unspecified atom stereocenters. The van der Waals surface area contributed by atoms with Crippen molar-refractivity contribution in [3.63, 3.8) is 0 Å². The van der Waals surface area contributed by atoms with Gasteiger partial charge in [0.05, 0.1) is 0 Å². The second-order valence-electron chi connectivity index (χ2n) is 5.65. The topological polar surface area (TPSA) is 0 Å². The average molecular weight is 284 g/mol. The third-order valence-corrected chi connectivity index (χ3v) is 3.90. The highest BCUT2D eigenvalue weighted by Crippen LogP contribution is 2.31. The lowest BCUT2D eigenvalue weighted by atomic mass is 9.87. The maximum absolute atomic E-state index is 2.30. The third-order valence-electron chi connectivity index (χ3n) is 3.90. The predicted octanol–water partition coefficient (Wildman–Crippen LogP) is 5.80.